The van der Waals surface area contributed by atoms with Crippen LogP contribution in [0.2, 0.25) is 5.02 Å². The second-order valence-corrected chi connectivity index (χ2v) is 10.1. The highest BCUT2D eigenvalue weighted by Crippen LogP contribution is 2.24. The number of halogens is 1. The number of piperazine rings is 1. The molecule has 4 rings (SSSR count). The summed E-state index contributed by atoms with van der Waals surface area (Å²) in [5, 5.41) is 4.38. The Morgan fingerprint density at radius 1 is 1.11 bits per heavy atom. The Labute approximate surface area is 209 Å². The summed E-state index contributed by atoms with van der Waals surface area (Å²) in [7, 11) is 0. The fourth-order valence-electron chi connectivity index (χ4n) is 4.18. The SMILES string of the molecule is CC(C)(C)OC(=O)NC[C@@H](Cc1ccc(Cl)cc1)C(=O)N1CCN(c2ncnc3[nH]ccc23)CC1. The molecular formula is C25H31ClN6O3. The van der Waals surface area contributed by atoms with Crippen LogP contribution in [0.25, 0.3) is 11.0 Å². The van der Waals surface area contributed by atoms with Crippen LogP contribution in [0.5, 0.6) is 0 Å². The van der Waals surface area contributed by atoms with Crippen LogP contribution in [0.4, 0.5) is 10.6 Å². The van der Waals surface area contributed by atoms with E-state index in [1.807, 2.05) is 41.4 Å². The molecule has 9 nitrogen and oxygen atoms in total. The second-order valence-electron chi connectivity index (χ2n) is 9.66. The molecule has 0 unspecified atom stereocenters. The number of H-pyrrole nitrogens is 1. The van der Waals surface area contributed by atoms with Gasteiger partial charge in [-0.15, -0.1) is 0 Å². The Balaban J connectivity index is 1.42. The number of fused-ring (bicyclic) bond motifs is 1. The van der Waals surface area contributed by atoms with Crippen molar-refractivity contribution in [2.24, 2.45) is 5.92 Å². The number of alkyl carbamates (subject to hydrolysis) is 1. The highest BCUT2D eigenvalue weighted by molar-refractivity contribution is 6.30. The lowest BCUT2D eigenvalue weighted by Gasteiger charge is -2.37. The number of rotatable bonds is 6. The largest absolute Gasteiger partial charge is 0.444 e. The number of anilines is 1. The number of ether oxygens (including phenoxy) is 1. The molecule has 0 bridgehead atoms. The van der Waals surface area contributed by atoms with Gasteiger partial charge in [0.15, 0.2) is 0 Å². The summed E-state index contributed by atoms with van der Waals surface area (Å²) in [6, 6.07) is 9.40. The molecule has 3 aromatic rings. The lowest BCUT2D eigenvalue weighted by Crippen LogP contribution is -2.52. The van der Waals surface area contributed by atoms with Gasteiger partial charge in [0.05, 0.1) is 11.3 Å². The van der Waals surface area contributed by atoms with Gasteiger partial charge in [0.1, 0.15) is 23.4 Å². The third-order valence-electron chi connectivity index (χ3n) is 5.86. The predicted octanol–water partition coefficient (Wildman–Crippen LogP) is 3.64. The lowest BCUT2D eigenvalue weighted by atomic mass is 9.97. The summed E-state index contributed by atoms with van der Waals surface area (Å²) in [6.07, 6.45) is 3.36. The maximum atomic E-state index is 13.5. The normalized spacial score (nSPS) is 15.2. The molecule has 0 spiro atoms. The molecule has 0 radical (unpaired) electrons. The van der Waals surface area contributed by atoms with Crippen LogP contribution >= 0.6 is 11.6 Å². The van der Waals surface area contributed by atoms with E-state index in [-0.39, 0.29) is 12.5 Å². The van der Waals surface area contributed by atoms with Crippen molar-refractivity contribution in [1.82, 2.24) is 25.2 Å². The highest BCUT2D eigenvalue weighted by atomic mass is 35.5. The minimum absolute atomic E-state index is 0.00476. The van der Waals surface area contributed by atoms with Crippen LogP contribution in [0, 0.1) is 5.92 Å². The Kier molecular flexibility index (Phi) is 7.45. The molecule has 0 saturated carbocycles. The predicted molar refractivity (Wildman–Crippen MR) is 136 cm³/mol. The van der Waals surface area contributed by atoms with E-state index in [2.05, 4.69) is 25.2 Å². The summed E-state index contributed by atoms with van der Waals surface area (Å²) in [5.41, 5.74) is 1.17. The van der Waals surface area contributed by atoms with Crippen LogP contribution in [-0.2, 0) is 16.0 Å². The number of benzene rings is 1. The van der Waals surface area contributed by atoms with E-state index in [4.69, 9.17) is 16.3 Å². The van der Waals surface area contributed by atoms with E-state index < -0.39 is 17.6 Å². The summed E-state index contributed by atoms with van der Waals surface area (Å²) in [6.45, 7) is 8.07. The number of amides is 2. The van der Waals surface area contributed by atoms with Crippen molar-refractivity contribution in [3.05, 3.63) is 53.4 Å². The molecule has 1 saturated heterocycles. The molecule has 0 aliphatic carbocycles. The molecule has 2 amide bonds. The van der Waals surface area contributed by atoms with Gasteiger partial charge in [-0.1, -0.05) is 23.7 Å². The number of nitrogens with one attached hydrogen (secondary N) is 2. The van der Waals surface area contributed by atoms with Crippen LogP contribution in [0.3, 0.4) is 0 Å². The first-order valence-electron chi connectivity index (χ1n) is 11.7. The third kappa shape index (κ3) is 6.42. The molecule has 186 valence electrons. The minimum Gasteiger partial charge on any atom is -0.444 e. The molecule has 1 fully saturated rings. The van der Waals surface area contributed by atoms with E-state index in [0.29, 0.717) is 37.6 Å². The van der Waals surface area contributed by atoms with Crippen molar-refractivity contribution < 1.29 is 14.3 Å². The smallest absolute Gasteiger partial charge is 0.407 e. The fraction of sp³-hybridized carbons (Fsp3) is 0.440. The summed E-state index contributed by atoms with van der Waals surface area (Å²) in [5.74, 6) is 0.448. The number of hydrogen-bond donors (Lipinski definition) is 2. The molecule has 10 heteroatoms. The van der Waals surface area contributed by atoms with Gasteiger partial charge in [0.2, 0.25) is 5.91 Å². The number of aromatic amines is 1. The van der Waals surface area contributed by atoms with Gasteiger partial charge >= 0.3 is 6.09 Å². The van der Waals surface area contributed by atoms with Gasteiger partial charge in [-0.05, 0) is 51.0 Å². The van der Waals surface area contributed by atoms with E-state index in [9.17, 15) is 9.59 Å². The first-order valence-corrected chi connectivity index (χ1v) is 12.1. The first kappa shape index (κ1) is 24.8. The fourth-order valence-corrected chi connectivity index (χ4v) is 4.31. The Morgan fingerprint density at radius 3 is 2.51 bits per heavy atom. The molecule has 1 aromatic carbocycles. The van der Waals surface area contributed by atoms with Crippen molar-refractivity contribution in [3.8, 4) is 0 Å². The molecule has 1 aliphatic rings. The molecule has 3 heterocycles. The van der Waals surface area contributed by atoms with Crippen molar-refractivity contribution in [2.45, 2.75) is 32.8 Å². The number of carbonyl (C=O) groups is 2. The maximum Gasteiger partial charge on any atom is 0.407 e. The van der Waals surface area contributed by atoms with E-state index >= 15 is 0 Å². The van der Waals surface area contributed by atoms with Gasteiger partial charge < -0.3 is 24.8 Å². The summed E-state index contributed by atoms with van der Waals surface area (Å²) < 4.78 is 5.36. The zero-order chi connectivity index (χ0) is 25.0. The molecule has 1 atom stereocenters. The average molecular weight is 499 g/mol. The first-order chi connectivity index (χ1) is 16.7. The van der Waals surface area contributed by atoms with Gasteiger partial charge in [0, 0.05) is 43.9 Å². The molecule has 35 heavy (non-hydrogen) atoms. The van der Waals surface area contributed by atoms with Crippen molar-refractivity contribution >= 4 is 40.5 Å². The Bertz CT molecular complexity index is 1170. The van der Waals surface area contributed by atoms with Crippen LogP contribution in [0.15, 0.2) is 42.9 Å². The van der Waals surface area contributed by atoms with Crippen molar-refractivity contribution in [1.29, 1.82) is 0 Å². The molecule has 1 aliphatic heterocycles. The molecular weight excluding hydrogens is 468 g/mol. The van der Waals surface area contributed by atoms with Crippen molar-refractivity contribution in [3.63, 3.8) is 0 Å². The maximum absolute atomic E-state index is 13.5. The van der Waals surface area contributed by atoms with E-state index in [1.165, 1.54) is 0 Å². The summed E-state index contributed by atoms with van der Waals surface area (Å²) in [4.78, 5) is 41.7. The average Bonchev–Trinajstić information content (AvgIpc) is 3.31. The highest BCUT2D eigenvalue weighted by Gasteiger charge is 2.29. The van der Waals surface area contributed by atoms with Crippen LogP contribution < -0.4 is 10.2 Å². The number of aromatic nitrogens is 3. The Morgan fingerprint density at radius 2 is 1.83 bits per heavy atom. The van der Waals surface area contributed by atoms with Gasteiger partial charge in [-0.25, -0.2) is 14.8 Å². The minimum atomic E-state index is -0.609. The Hall–Kier alpha value is -3.33. The quantitative estimate of drug-likeness (QED) is 0.537. The number of carbonyl (C=O) groups excluding carboxylic acids is 2. The lowest BCUT2D eigenvalue weighted by molar-refractivity contribution is -0.135. The topological polar surface area (TPSA) is 103 Å². The zero-order valence-electron chi connectivity index (χ0n) is 20.3. The van der Waals surface area contributed by atoms with E-state index in [0.717, 1.165) is 22.4 Å². The van der Waals surface area contributed by atoms with Gasteiger partial charge in [-0.2, -0.15) is 0 Å². The third-order valence-corrected chi connectivity index (χ3v) is 6.11. The molecule has 2 aromatic heterocycles. The molecule has 2 N–H and O–H groups in total. The van der Waals surface area contributed by atoms with E-state index in [1.54, 1.807) is 27.1 Å². The standard InChI is InChI=1S/C25H31ClN6O3/c1-25(2,3)35-24(34)28-15-18(14-17-4-6-19(26)7-5-17)23(33)32-12-10-31(11-13-32)22-20-8-9-27-21(20)29-16-30-22/h4-9,16,18H,10-15H2,1-3H3,(H,28,34)(H,27,29,30)/t18-/m1/s1. The van der Waals surface area contributed by atoms with Crippen molar-refractivity contribution in [2.75, 3.05) is 37.6 Å². The van der Waals surface area contributed by atoms with Crippen LogP contribution in [-0.4, -0.2) is 70.2 Å². The zero-order valence-corrected chi connectivity index (χ0v) is 21.0. The van der Waals surface area contributed by atoms with Crippen LogP contribution in [0.1, 0.15) is 26.3 Å². The second kappa shape index (κ2) is 10.5. The number of nitrogens with zero attached hydrogens (tertiary/aromatic N) is 4. The monoisotopic (exact) mass is 498 g/mol. The van der Waals surface area contributed by atoms with Gasteiger partial charge in [-0.3, -0.25) is 4.79 Å². The van der Waals surface area contributed by atoms with Gasteiger partial charge in [0.25, 0.3) is 0 Å². The number of hydrogen-bond acceptors (Lipinski definition) is 6. The summed E-state index contributed by atoms with van der Waals surface area (Å²) >= 11 is 6.03.